The first-order valence-electron chi connectivity index (χ1n) is 7.70. The van der Waals surface area contributed by atoms with Gasteiger partial charge < -0.3 is 10.1 Å². The highest BCUT2D eigenvalue weighted by molar-refractivity contribution is 6.06. The molecule has 12 nitrogen and oxygen atoms in total. The van der Waals surface area contributed by atoms with Gasteiger partial charge in [0.1, 0.15) is 17.7 Å². The molecule has 142 valence electrons. The van der Waals surface area contributed by atoms with Crippen molar-refractivity contribution in [3.8, 4) is 11.5 Å². The van der Waals surface area contributed by atoms with Crippen molar-refractivity contribution in [1.82, 2.24) is 14.8 Å². The van der Waals surface area contributed by atoms with E-state index in [9.17, 15) is 25.0 Å². The zero-order valence-corrected chi connectivity index (χ0v) is 14.3. The topological polar surface area (TPSA) is 155 Å². The Kier molecular flexibility index (Phi) is 4.93. The summed E-state index contributed by atoms with van der Waals surface area (Å²) in [5, 5.41) is 28.3. The van der Waals surface area contributed by atoms with E-state index in [2.05, 4.69) is 15.4 Å². The van der Waals surface area contributed by atoms with Gasteiger partial charge in [-0.05, 0) is 12.1 Å². The summed E-state index contributed by atoms with van der Waals surface area (Å²) < 4.78 is 6.56. The molecular weight excluding hydrogens is 372 g/mol. The molecule has 0 unspecified atom stereocenters. The molecule has 0 spiro atoms. The lowest BCUT2D eigenvalue weighted by atomic mass is 10.2. The molecule has 1 amide bonds. The Hall–Kier alpha value is -4.35. The number of amides is 1. The number of pyridine rings is 1. The maximum absolute atomic E-state index is 12.5. The molecule has 0 bridgehead atoms. The standard InChI is InChI=1S/C16H12N6O6/c1-20-15(14(9-18-20)22(26)27)16(23)19-10-5-11(21(24)25)7-13(6-10)28-12-3-2-4-17-8-12/h2-9H,1H3,(H,19,23). The van der Waals surface area contributed by atoms with Crippen molar-refractivity contribution in [3.05, 3.63) is 74.8 Å². The number of hydrogen-bond acceptors (Lipinski definition) is 8. The molecule has 3 aromatic rings. The van der Waals surface area contributed by atoms with Crippen molar-refractivity contribution in [1.29, 1.82) is 0 Å². The van der Waals surface area contributed by atoms with Gasteiger partial charge in [0.05, 0.1) is 27.8 Å². The van der Waals surface area contributed by atoms with E-state index in [1.807, 2.05) is 0 Å². The van der Waals surface area contributed by atoms with Gasteiger partial charge >= 0.3 is 5.69 Å². The SMILES string of the molecule is Cn1ncc([N+](=O)[O-])c1C(=O)Nc1cc(Oc2cccnc2)cc([N+](=O)[O-])c1. The number of nitro benzene ring substituents is 1. The smallest absolute Gasteiger partial charge is 0.320 e. The van der Waals surface area contributed by atoms with Crippen LogP contribution in [0.2, 0.25) is 0 Å². The fourth-order valence-electron chi connectivity index (χ4n) is 2.38. The van der Waals surface area contributed by atoms with Gasteiger partial charge in [-0.1, -0.05) is 0 Å². The van der Waals surface area contributed by atoms with Crippen LogP contribution in [0.4, 0.5) is 17.1 Å². The van der Waals surface area contributed by atoms with Gasteiger partial charge in [-0.15, -0.1) is 0 Å². The number of nitro groups is 2. The number of benzene rings is 1. The second-order valence-electron chi connectivity index (χ2n) is 5.48. The molecule has 12 heteroatoms. The first-order valence-corrected chi connectivity index (χ1v) is 7.70. The molecule has 2 heterocycles. The Morgan fingerprint density at radius 1 is 1.14 bits per heavy atom. The Labute approximate surface area is 156 Å². The summed E-state index contributed by atoms with van der Waals surface area (Å²) in [6.45, 7) is 0. The number of rotatable bonds is 6. The molecule has 0 aliphatic carbocycles. The van der Waals surface area contributed by atoms with Crippen molar-refractivity contribution in [2.24, 2.45) is 7.05 Å². The van der Waals surface area contributed by atoms with Gasteiger partial charge in [0.25, 0.3) is 11.6 Å². The van der Waals surface area contributed by atoms with E-state index in [0.29, 0.717) is 5.75 Å². The third-order valence-electron chi connectivity index (χ3n) is 3.56. The van der Waals surface area contributed by atoms with Crippen molar-refractivity contribution >= 4 is 23.0 Å². The number of hydrogen-bond donors (Lipinski definition) is 1. The summed E-state index contributed by atoms with van der Waals surface area (Å²) in [5.41, 5.74) is -1.10. The maximum Gasteiger partial charge on any atom is 0.320 e. The predicted molar refractivity (Wildman–Crippen MR) is 95.2 cm³/mol. The van der Waals surface area contributed by atoms with Crippen LogP contribution in [-0.4, -0.2) is 30.5 Å². The number of non-ortho nitro benzene ring substituents is 1. The number of carbonyl (C=O) groups excluding carboxylic acids is 1. The zero-order valence-electron chi connectivity index (χ0n) is 14.3. The Balaban J connectivity index is 1.93. The molecule has 0 radical (unpaired) electrons. The van der Waals surface area contributed by atoms with Crippen LogP contribution < -0.4 is 10.1 Å². The summed E-state index contributed by atoms with van der Waals surface area (Å²) in [4.78, 5) is 37.2. The number of aromatic nitrogens is 3. The first-order chi connectivity index (χ1) is 13.3. The summed E-state index contributed by atoms with van der Waals surface area (Å²) in [5.74, 6) is -0.431. The van der Waals surface area contributed by atoms with Crippen LogP contribution in [0.15, 0.2) is 48.9 Å². The average molecular weight is 384 g/mol. The summed E-state index contributed by atoms with van der Waals surface area (Å²) >= 11 is 0. The third kappa shape index (κ3) is 3.90. The number of ether oxygens (including phenoxy) is 1. The van der Waals surface area contributed by atoms with E-state index >= 15 is 0 Å². The molecule has 0 saturated carbocycles. The molecule has 0 aliphatic rings. The second kappa shape index (κ2) is 7.49. The van der Waals surface area contributed by atoms with Gasteiger partial charge in [0, 0.05) is 25.4 Å². The molecular formula is C16H12N6O6. The molecule has 0 fully saturated rings. The van der Waals surface area contributed by atoms with Crippen LogP contribution in [0, 0.1) is 20.2 Å². The molecule has 0 aliphatic heterocycles. The Morgan fingerprint density at radius 3 is 2.57 bits per heavy atom. The summed E-state index contributed by atoms with van der Waals surface area (Å²) in [7, 11) is 1.37. The van der Waals surface area contributed by atoms with Gasteiger partial charge in [-0.3, -0.25) is 34.7 Å². The third-order valence-corrected chi connectivity index (χ3v) is 3.56. The van der Waals surface area contributed by atoms with E-state index in [-0.39, 0.29) is 22.8 Å². The van der Waals surface area contributed by atoms with Gasteiger partial charge in [0.2, 0.25) is 5.69 Å². The first kappa shape index (κ1) is 18.4. The lowest BCUT2D eigenvalue weighted by Gasteiger charge is -2.09. The fraction of sp³-hybridized carbons (Fsp3) is 0.0625. The monoisotopic (exact) mass is 384 g/mol. The van der Waals surface area contributed by atoms with Crippen LogP contribution in [0.1, 0.15) is 10.5 Å². The minimum atomic E-state index is -0.848. The minimum absolute atomic E-state index is 0.0218. The lowest BCUT2D eigenvalue weighted by Crippen LogP contribution is -2.17. The highest BCUT2D eigenvalue weighted by Gasteiger charge is 2.26. The number of anilines is 1. The van der Waals surface area contributed by atoms with Crippen molar-refractivity contribution < 1.29 is 19.4 Å². The molecule has 2 aromatic heterocycles. The number of nitrogens with one attached hydrogen (secondary N) is 1. The second-order valence-corrected chi connectivity index (χ2v) is 5.48. The van der Waals surface area contributed by atoms with Crippen molar-refractivity contribution in [2.75, 3.05) is 5.32 Å². The van der Waals surface area contributed by atoms with E-state index in [1.165, 1.54) is 31.6 Å². The molecule has 0 saturated heterocycles. The van der Waals surface area contributed by atoms with Crippen LogP contribution in [0.3, 0.4) is 0 Å². The number of carbonyl (C=O) groups is 1. The molecule has 28 heavy (non-hydrogen) atoms. The van der Waals surface area contributed by atoms with Crippen molar-refractivity contribution in [3.63, 3.8) is 0 Å². The van der Waals surface area contributed by atoms with Gasteiger partial charge in [-0.25, -0.2) is 0 Å². The minimum Gasteiger partial charge on any atom is -0.455 e. The summed E-state index contributed by atoms with van der Waals surface area (Å²) in [6, 6.07) is 6.85. The molecule has 0 atom stereocenters. The molecule has 3 rings (SSSR count). The Morgan fingerprint density at radius 2 is 1.93 bits per heavy atom. The summed E-state index contributed by atoms with van der Waals surface area (Å²) in [6.07, 6.45) is 3.89. The number of aryl methyl sites for hydroxylation is 1. The highest BCUT2D eigenvalue weighted by atomic mass is 16.6. The molecule has 1 aromatic carbocycles. The largest absolute Gasteiger partial charge is 0.455 e. The van der Waals surface area contributed by atoms with Crippen LogP contribution in [0.5, 0.6) is 11.5 Å². The fourth-order valence-corrected chi connectivity index (χ4v) is 2.38. The normalized spacial score (nSPS) is 10.3. The molecule has 1 N–H and O–H groups in total. The Bertz CT molecular complexity index is 1060. The van der Waals surface area contributed by atoms with Crippen LogP contribution in [-0.2, 0) is 7.05 Å². The van der Waals surface area contributed by atoms with Gasteiger partial charge in [-0.2, -0.15) is 5.10 Å². The van der Waals surface area contributed by atoms with Crippen molar-refractivity contribution in [2.45, 2.75) is 0 Å². The van der Waals surface area contributed by atoms with Gasteiger partial charge in [0.15, 0.2) is 0 Å². The van der Waals surface area contributed by atoms with E-state index in [0.717, 1.165) is 16.9 Å². The van der Waals surface area contributed by atoms with Crippen LogP contribution in [0.25, 0.3) is 0 Å². The lowest BCUT2D eigenvalue weighted by molar-refractivity contribution is -0.385. The average Bonchev–Trinajstić information content (AvgIpc) is 3.04. The number of nitrogens with zero attached hydrogens (tertiary/aromatic N) is 5. The van der Waals surface area contributed by atoms with E-state index in [4.69, 9.17) is 4.74 Å². The zero-order chi connectivity index (χ0) is 20.3. The van der Waals surface area contributed by atoms with Crippen LogP contribution >= 0.6 is 0 Å². The maximum atomic E-state index is 12.5. The predicted octanol–water partition coefficient (Wildman–Crippen LogP) is 2.68. The van der Waals surface area contributed by atoms with E-state index in [1.54, 1.807) is 12.1 Å². The highest BCUT2D eigenvalue weighted by Crippen LogP contribution is 2.30. The quantitative estimate of drug-likeness (QED) is 0.502. The van der Waals surface area contributed by atoms with E-state index < -0.39 is 21.4 Å².